The molecule has 29 heavy (non-hydrogen) atoms. The van der Waals surface area contributed by atoms with Crippen LogP contribution in [0.1, 0.15) is 28.4 Å². The zero-order valence-electron chi connectivity index (χ0n) is 15.2. The number of ether oxygens (including phenoxy) is 1. The van der Waals surface area contributed by atoms with Gasteiger partial charge in [-0.1, -0.05) is 6.08 Å². The Hall–Kier alpha value is -3.36. The van der Waals surface area contributed by atoms with E-state index in [1.807, 2.05) is 0 Å². The summed E-state index contributed by atoms with van der Waals surface area (Å²) in [6, 6.07) is 4.45. The number of nitriles is 1. The molecule has 0 aliphatic carbocycles. The Morgan fingerprint density at radius 3 is 3.10 bits per heavy atom. The fourth-order valence-corrected chi connectivity index (χ4v) is 3.35. The number of anilines is 2. The van der Waals surface area contributed by atoms with Gasteiger partial charge in [-0.25, -0.2) is 4.39 Å². The number of amides is 1. The Balaban J connectivity index is 1.68. The van der Waals surface area contributed by atoms with Crippen molar-refractivity contribution in [2.75, 3.05) is 18.5 Å². The number of aromatic nitrogens is 2. The zero-order valence-corrected chi connectivity index (χ0v) is 15.2. The summed E-state index contributed by atoms with van der Waals surface area (Å²) >= 11 is 0. The SMILES string of the molecule is N#CC1CCOCC1n1cc(C(N)=O)c(Nc2cc3c(cc2F)OB(O)C=C3)n1. The molecule has 0 saturated carbocycles. The van der Waals surface area contributed by atoms with Crippen molar-refractivity contribution in [3.8, 4) is 11.8 Å². The van der Waals surface area contributed by atoms with Crippen molar-refractivity contribution in [2.24, 2.45) is 11.7 Å². The molecule has 0 radical (unpaired) electrons. The van der Waals surface area contributed by atoms with E-state index in [4.69, 9.17) is 15.1 Å². The molecule has 1 amide bonds. The van der Waals surface area contributed by atoms with Gasteiger partial charge in [0.25, 0.3) is 5.91 Å². The van der Waals surface area contributed by atoms with Crippen LogP contribution in [0.4, 0.5) is 15.9 Å². The number of nitrogens with zero attached hydrogens (tertiary/aromatic N) is 3. The van der Waals surface area contributed by atoms with Gasteiger partial charge in [-0.2, -0.15) is 10.4 Å². The van der Waals surface area contributed by atoms with Crippen LogP contribution in [0.15, 0.2) is 24.3 Å². The molecule has 11 heteroatoms. The van der Waals surface area contributed by atoms with Gasteiger partial charge >= 0.3 is 7.12 Å². The van der Waals surface area contributed by atoms with E-state index in [0.717, 1.165) is 6.07 Å². The topological polar surface area (TPSA) is 135 Å². The van der Waals surface area contributed by atoms with Crippen molar-refractivity contribution >= 4 is 30.6 Å². The maximum absolute atomic E-state index is 14.5. The monoisotopic (exact) mass is 397 g/mol. The molecule has 2 aliphatic rings. The van der Waals surface area contributed by atoms with Crippen molar-refractivity contribution in [3.05, 3.63) is 41.2 Å². The minimum atomic E-state index is -1.14. The second-order valence-corrected chi connectivity index (χ2v) is 6.76. The van der Waals surface area contributed by atoms with Gasteiger partial charge in [0, 0.05) is 24.4 Å². The molecule has 1 aromatic heterocycles. The van der Waals surface area contributed by atoms with Gasteiger partial charge in [-0.15, -0.1) is 0 Å². The van der Waals surface area contributed by atoms with Crippen LogP contribution < -0.4 is 15.7 Å². The quantitative estimate of drug-likeness (QED) is 0.664. The second-order valence-electron chi connectivity index (χ2n) is 6.76. The van der Waals surface area contributed by atoms with E-state index >= 15 is 0 Å². The summed E-state index contributed by atoms with van der Waals surface area (Å²) in [5, 5.41) is 26.0. The van der Waals surface area contributed by atoms with Crippen molar-refractivity contribution in [3.63, 3.8) is 0 Å². The molecule has 2 unspecified atom stereocenters. The van der Waals surface area contributed by atoms with E-state index in [-0.39, 0.29) is 41.4 Å². The van der Waals surface area contributed by atoms with Crippen LogP contribution in [0.3, 0.4) is 0 Å². The highest BCUT2D eigenvalue weighted by atomic mass is 19.1. The molecule has 1 saturated heterocycles. The van der Waals surface area contributed by atoms with Gasteiger partial charge in [0.2, 0.25) is 0 Å². The maximum atomic E-state index is 14.5. The Morgan fingerprint density at radius 2 is 2.34 bits per heavy atom. The Bertz CT molecular complexity index is 1030. The molecule has 148 valence electrons. The number of rotatable bonds is 4. The average molecular weight is 397 g/mol. The first-order valence-electron chi connectivity index (χ1n) is 8.96. The van der Waals surface area contributed by atoms with Crippen LogP contribution in [0, 0.1) is 23.1 Å². The van der Waals surface area contributed by atoms with Crippen LogP contribution in [-0.2, 0) is 4.74 Å². The molecule has 0 bridgehead atoms. The first-order chi connectivity index (χ1) is 14.0. The van der Waals surface area contributed by atoms with E-state index in [9.17, 15) is 19.5 Å². The summed E-state index contributed by atoms with van der Waals surface area (Å²) < 4.78 is 26.6. The molecule has 4 rings (SSSR count). The van der Waals surface area contributed by atoms with E-state index in [2.05, 4.69) is 16.5 Å². The number of halogens is 1. The van der Waals surface area contributed by atoms with Gasteiger partial charge in [-0.3, -0.25) is 9.48 Å². The molecule has 9 nitrogen and oxygen atoms in total. The summed E-state index contributed by atoms with van der Waals surface area (Å²) in [7, 11) is -1.14. The Kier molecular flexibility index (Phi) is 4.96. The highest BCUT2D eigenvalue weighted by Gasteiger charge is 2.30. The highest BCUT2D eigenvalue weighted by molar-refractivity contribution is 6.51. The predicted molar refractivity (Wildman–Crippen MR) is 102 cm³/mol. The number of nitrogens with one attached hydrogen (secondary N) is 1. The van der Waals surface area contributed by atoms with Crippen LogP contribution in [0.5, 0.6) is 5.75 Å². The van der Waals surface area contributed by atoms with Crippen LogP contribution in [0.2, 0.25) is 0 Å². The van der Waals surface area contributed by atoms with Crippen molar-refractivity contribution in [2.45, 2.75) is 12.5 Å². The molecule has 1 fully saturated rings. The molecule has 2 aromatic rings. The standard InChI is InChI=1S/C18H17BFN5O4/c20-13-6-16-10(1-3-19(27)29-16)5-14(13)23-18-12(17(22)26)8-25(24-18)15-9-28-4-2-11(15)7-21/h1,3,5-6,8,11,15,27H,2,4,9H2,(H2,22,26)(H,23,24). The number of carbonyl (C=O) groups is 1. The summed E-state index contributed by atoms with van der Waals surface area (Å²) in [4.78, 5) is 11.9. The number of hydrogen-bond acceptors (Lipinski definition) is 7. The molecule has 2 aliphatic heterocycles. The van der Waals surface area contributed by atoms with Crippen molar-refractivity contribution in [1.29, 1.82) is 5.26 Å². The third-order valence-corrected chi connectivity index (χ3v) is 4.87. The number of nitrogens with two attached hydrogens (primary N) is 1. The van der Waals surface area contributed by atoms with Gasteiger partial charge in [0.15, 0.2) is 5.82 Å². The lowest BCUT2D eigenvalue weighted by atomic mass is 9.86. The largest absolute Gasteiger partial charge is 0.552 e. The number of fused-ring (bicyclic) bond motifs is 1. The summed E-state index contributed by atoms with van der Waals surface area (Å²) in [5.74, 6) is -0.0508. The fourth-order valence-electron chi connectivity index (χ4n) is 3.35. The molecular formula is C18H17BFN5O4. The second kappa shape index (κ2) is 7.58. The minimum absolute atomic E-state index is 0.0536. The third kappa shape index (κ3) is 3.67. The van der Waals surface area contributed by atoms with E-state index < -0.39 is 18.8 Å². The number of carbonyl (C=O) groups excluding carboxylic acids is 1. The van der Waals surface area contributed by atoms with Gasteiger partial charge < -0.3 is 25.5 Å². The lowest BCUT2D eigenvalue weighted by Gasteiger charge is -2.26. The Labute approximate surface area is 165 Å². The normalized spacial score (nSPS) is 20.5. The summed E-state index contributed by atoms with van der Waals surface area (Å²) in [5.41, 5.74) is 6.12. The lowest BCUT2D eigenvalue weighted by molar-refractivity contribution is 0.0342. The fraction of sp³-hybridized carbons (Fsp3) is 0.278. The molecule has 3 heterocycles. The third-order valence-electron chi connectivity index (χ3n) is 4.87. The molecule has 0 spiro atoms. The van der Waals surface area contributed by atoms with Crippen molar-refractivity contribution < 1.29 is 23.6 Å². The predicted octanol–water partition coefficient (Wildman–Crippen LogP) is 1.39. The molecule has 2 atom stereocenters. The Morgan fingerprint density at radius 1 is 1.52 bits per heavy atom. The van der Waals surface area contributed by atoms with Gasteiger partial charge in [-0.05, 0) is 18.5 Å². The zero-order chi connectivity index (χ0) is 20.5. The minimum Gasteiger partial charge on any atom is -0.532 e. The molecule has 1 aromatic carbocycles. The maximum Gasteiger partial charge on any atom is 0.552 e. The average Bonchev–Trinajstić information content (AvgIpc) is 3.12. The number of hydrogen-bond donors (Lipinski definition) is 3. The van der Waals surface area contributed by atoms with Crippen LogP contribution >= 0.6 is 0 Å². The van der Waals surface area contributed by atoms with E-state index in [0.29, 0.717) is 18.6 Å². The highest BCUT2D eigenvalue weighted by Crippen LogP contribution is 2.33. The van der Waals surface area contributed by atoms with Crippen molar-refractivity contribution in [1.82, 2.24) is 9.78 Å². The van der Waals surface area contributed by atoms with E-state index in [1.165, 1.54) is 22.9 Å². The first-order valence-corrected chi connectivity index (χ1v) is 8.96. The van der Waals surface area contributed by atoms with Crippen LogP contribution in [-0.4, -0.2) is 41.0 Å². The first kappa shape index (κ1) is 19.0. The number of benzene rings is 1. The van der Waals surface area contributed by atoms with E-state index in [1.54, 1.807) is 6.08 Å². The number of primary amides is 1. The summed E-state index contributed by atoms with van der Waals surface area (Å²) in [6.07, 6.45) is 3.58. The molecular weight excluding hydrogens is 380 g/mol. The smallest absolute Gasteiger partial charge is 0.532 e. The van der Waals surface area contributed by atoms with Crippen LogP contribution in [0.25, 0.3) is 6.08 Å². The molecule has 4 N–H and O–H groups in total. The van der Waals surface area contributed by atoms with Gasteiger partial charge in [0.1, 0.15) is 17.1 Å². The summed E-state index contributed by atoms with van der Waals surface area (Å²) in [6.45, 7) is 0.754. The van der Waals surface area contributed by atoms with Gasteiger partial charge in [0.05, 0.1) is 30.3 Å². The lowest BCUT2D eigenvalue weighted by Crippen LogP contribution is -2.29.